The van der Waals surface area contributed by atoms with E-state index in [1.54, 1.807) is 6.33 Å². The maximum atomic E-state index is 11.0. The molecule has 0 bridgehead atoms. The quantitative estimate of drug-likeness (QED) is 0.802. The van der Waals surface area contributed by atoms with Crippen LogP contribution in [0.25, 0.3) is 0 Å². The highest BCUT2D eigenvalue weighted by molar-refractivity contribution is 6.30. The smallest absolute Gasteiger partial charge is 0.0955 e. The number of allylic oxidation sites excluding steroid dienone is 1. The van der Waals surface area contributed by atoms with Crippen molar-refractivity contribution in [3.63, 3.8) is 0 Å². The van der Waals surface area contributed by atoms with E-state index in [1.807, 2.05) is 61.9 Å². The van der Waals surface area contributed by atoms with Crippen LogP contribution in [0.4, 0.5) is 0 Å². The topological polar surface area (TPSA) is 38.0 Å². The van der Waals surface area contributed by atoms with Gasteiger partial charge in [0.15, 0.2) is 0 Å². The largest absolute Gasteiger partial charge is 0.390 e. The van der Waals surface area contributed by atoms with Crippen LogP contribution < -0.4 is 0 Å². The Labute approximate surface area is 137 Å². The Kier molecular flexibility index (Phi) is 5.09. The van der Waals surface area contributed by atoms with Crippen molar-refractivity contribution in [1.82, 2.24) is 9.55 Å². The molecule has 1 N–H and O–H groups in total. The van der Waals surface area contributed by atoms with E-state index in [4.69, 9.17) is 11.6 Å². The van der Waals surface area contributed by atoms with Gasteiger partial charge in [0, 0.05) is 11.2 Å². The van der Waals surface area contributed by atoms with Gasteiger partial charge in [-0.05, 0) is 36.5 Å². The lowest BCUT2D eigenvalue weighted by Crippen LogP contribution is -2.37. The van der Waals surface area contributed by atoms with Crippen molar-refractivity contribution in [3.05, 3.63) is 65.7 Å². The maximum Gasteiger partial charge on any atom is 0.0955 e. The second kappa shape index (κ2) is 6.67. The van der Waals surface area contributed by atoms with E-state index in [0.29, 0.717) is 5.02 Å². The molecule has 3 nitrogen and oxygen atoms in total. The molecule has 0 amide bonds. The zero-order valence-corrected chi connectivity index (χ0v) is 14.1. The summed E-state index contributed by atoms with van der Waals surface area (Å²) in [4.78, 5) is 4.29. The van der Waals surface area contributed by atoms with Crippen molar-refractivity contribution in [2.75, 3.05) is 0 Å². The van der Waals surface area contributed by atoms with E-state index < -0.39 is 6.10 Å². The summed E-state index contributed by atoms with van der Waals surface area (Å²) in [7, 11) is 0. The molecular weight excluding hydrogens is 296 g/mol. The van der Waals surface area contributed by atoms with Gasteiger partial charge in [-0.3, -0.25) is 0 Å². The normalized spacial score (nSPS) is 14.6. The fraction of sp³-hybridized carbons (Fsp3) is 0.389. The van der Waals surface area contributed by atoms with E-state index >= 15 is 0 Å². The first-order valence-electron chi connectivity index (χ1n) is 7.39. The zero-order chi connectivity index (χ0) is 16.3. The van der Waals surface area contributed by atoms with Gasteiger partial charge in [0.1, 0.15) is 0 Å². The van der Waals surface area contributed by atoms with Crippen LogP contribution in [0.3, 0.4) is 0 Å². The van der Waals surface area contributed by atoms with Gasteiger partial charge in [-0.1, -0.05) is 43.7 Å². The number of rotatable bonds is 6. The third kappa shape index (κ3) is 3.60. The monoisotopic (exact) mass is 318 g/mol. The van der Waals surface area contributed by atoms with Crippen molar-refractivity contribution in [2.24, 2.45) is 5.41 Å². The van der Waals surface area contributed by atoms with Crippen LogP contribution in [0.1, 0.15) is 37.6 Å². The number of aromatic nitrogens is 2. The van der Waals surface area contributed by atoms with Gasteiger partial charge in [0.25, 0.3) is 0 Å². The van der Waals surface area contributed by atoms with E-state index in [2.05, 4.69) is 11.6 Å². The first kappa shape index (κ1) is 16.8. The fourth-order valence-corrected chi connectivity index (χ4v) is 2.92. The number of hydrogen-bond donors (Lipinski definition) is 1. The molecule has 4 heteroatoms. The van der Waals surface area contributed by atoms with Crippen molar-refractivity contribution < 1.29 is 5.11 Å². The molecule has 118 valence electrons. The van der Waals surface area contributed by atoms with Crippen LogP contribution in [0.5, 0.6) is 0 Å². The Bertz CT molecular complexity index is 648. The average Bonchev–Trinajstić information content (AvgIpc) is 2.85. The minimum atomic E-state index is -0.599. The number of aliphatic hydroxyl groups is 1. The number of aliphatic hydroxyl groups excluding tert-OH is 1. The Morgan fingerprint density at radius 2 is 2.18 bits per heavy atom. The van der Waals surface area contributed by atoms with Gasteiger partial charge >= 0.3 is 0 Å². The van der Waals surface area contributed by atoms with E-state index in [-0.39, 0.29) is 11.5 Å². The molecule has 2 atom stereocenters. The molecule has 2 aromatic rings. The Morgan fingerprint density at radius 1 is 1.45 bits per heavy atom. The van der Waals surface area contributed by atoms with Gasteiger partial charge in [-0.2, -0.15) is 0 Å². The third-order valence-corrected chi connectivity index (χ3v) is 4.25. The fourth-order valence-electron chi connectivity index (χ4n) is 2.72. The first-order valence-corrected chi connectivity index (χ1v) is 7.77. The van der Waals surface area contributed by atoms with Crippen LogP contribution in [-0.4, -0.2) is 20.8 Å². The lowest BCUT2D eigenvalue weighted by atomic mass is 9.78. The molecule has 0 aliphatic heterocycles. The summed E-state index contributed by atoms with van der Waals surface area (Å²) in [5.41, 5.74) is 1.57. The summed E-state index contributed by atoms with van der Waals surface area (Å²) in [6.07, 6.45) is 5.67. The lowest BCUT2D eigenvalue weighted by molar-refractivity contribution is 0.0202. The minimum Gasteiger partial charge on any atom is -0.390 e. The second-order valence-electron chi connectivity index (χ2n) is 6.39. The summed E-state index contributed by atoms with van der Waals surface area (Å²) >= 11 is 6.14. The highest BCUT2D eigenvalue weighted by atomic mass is 35.5. The highest BCUT2D eigenvalue weighted by Crippen LogP contribution is 2.36. The number of nitrogens with zero attached hydrogens (tertiary/aromatic N) is 2. The van der Waals surface area contributed by atoms with Crippen LogP contribution in [-0.2, 0) is 0 Å². The molecule has 2 unspecified atom stereocenters. The highest BCUT2D eigenvalue weighted by Gasteiger charge is 2.35. The predicted molar refractivity (Wildman–Crippen MR) is 91.2 cm³/mol. The lowest BCUT2D eigenvalue weighted by Gasteiger charge is -2.36. The first-order chi connectivity index (χ1) is 10.3. The van der Waals surface area contributed by atoms with Gasteiger partial charge in [-0.15, -0.1) is 6.58 Å². The van der Waals surface area contributed by atoms with E-state index in [9.17, 15) is 5.11 Å². The average molecular weight is 319 g/mol. The van der Waals surface area contributed by atoms with Crippen molar-refractivity contribution in [2.45, 2.75) is 39.3 Å². The molecule has 0 saturated heterocycles. The number of benzene rings is 1. The number of aryl methyl sites for hydroxylation is 1. The van der Waals surface area contributed by atoms with Crippen molar-refractivity contribution in [1.29, 1.82) is 0 Å². The van der Waals surface area contributed by atoms with Gasteiger partial charge < -0.3 is 9.67 Å². The SMILES string of the molecule is C=CCC(C)(C)C(O)C(c1cccc(Cl)c1)n1cnc(C)c1. The van der Waals surface area contributed by atoms with E-state index in [1.165, 1.54) is 0 Å². The summed E-state index contributed by atoms with van der Waals surface area (Å²) in [6.45, 7) is 9.82. The Hall–Kier alpha value is -1.58. The number of halogens is 1. The molecule has 1 heterocycles. The third-order valence-electron chi connectivity index (χ3n) is 4.01. The van der Waals surface area contributed by atoms with Gasteiger partial charge in [0.05, 0.1) is 24.2 Å². The molecule has 0 radical (unpaired) electrons. The predicted octanol–water partition coefficient (Wildman–Crippen LogP) is 4.40. The molecule has 2 rings (SSSR count). The molecule has 0 saturated carbocycles. The van der Waals surface area contributed by atoms with Crippen LogP contribution in [0, 0.1) is 12.3 Å². The van der Waals surface area contributed by atoms with Crippen LogP contribution in [0.15, 0.2) is 49.4 Å². The molecule has 0 aliphatic carbocycles. The van der Waals surface area contributed by atoms with Crippen LogP contribution in [0.2, 0.25) is 5.02 Å². The maximum absolute atomic E-state index is 11.0. The summed E-state index contributed by atoms with van der Waals surface area (Å²) < 4.78 is 1.95. The van der Waals surface area contributed by atoms with Crippen LogP contribution >= 0.6 is 11.6 Å². The van der Waals surface area contributed by atoms with Crippen molar-refractivity contribution in [3.8, 4) is 0 Å². The Morgan fingerprint density at radius 3 is 2.73 bits per heavy atom. The van der Waals surface area contributed by atoms with Gasteiger partial charge in [-0.25, -0.2) is 4.98 Å². The van der Waals surface area contributed by atoms with E-state index in [0.717, 1.165) is 17.7 Å². The molecule has 1 aromatic carbocycles. The molecular formula is C18H23ClN2O. The number of imidazole rings is 1. The standard InChI is InChI=1S/C18H23ClN2O/c1-5-9-18(3,4)17(22)16(21-11-13(2)20-12-21)14-7-6-8-15(19)10-14/h5-8,10-12,16-17,22H,1,9H2,2-4H3. The number of hydrogen-bond acceptors (Lipinski definition) is 2. The van der Waals surface area contributed by atoms with Crippen molar-refractivity contribution >= 4 is 11.6 Å². The summed E-state index contributed by atoms with van der Waals surface area (Å²) in [5, 5.41) is 11.7. The molecule has 0 spiro atoms. The minimum absolute atomic E-state index is 0.241. The molecule has 1 aromatic heterocycles. The molecule has 0 fully saturated rings. The second-order valence-corrected chi connectivity index (χ2v) is 6.82. The summed E-state index contributed by atoms with van der Waals surface area (Å²) in [5.74, 6) is 0. The summed E-state index contributed by atoms with van der Waals surface area (Å²) in [6, 6.07) is 7.38. The zero-order valence-electron chi connectivity index (χ0n) is 13.3. The van der Waals surface area contributed by atoms with Gasteiger partial charge in [0.2, 0.25) is 0 Å². The Balaban J connectivity index is 2.48. The molecule has 22 heavy (non-hydrogen) atoms. The molecule has 0 aliphatic rings.